The molecule has 7 nitrogen and oxygen atoms in total. The minimum Gasteiger partial charge on any atom is -0.475 e. The summed E-state index contributed by atoms with van der Waals surface area (Å²) in [6.45, 7) is 4.42. The highest BCUT2D eigenvalue weighted by atomic mass is 19.4. The topological polar surface area (TPSA) is 102 Å². The molecule has 2 aliphatic rings. The highest BCUT2D eigenvalue weighted by molar-refractivity contribution is 5.91. The molecule has 0 saturated carbocycles. The Morgan fingerprint density at radius 2 is 1.80 bits per heavy atom. The van der Waals surface area contributed by atoms with Gasteiger partial charge in [0.25, 0.3) is 5.91 Å². The average Bonchev–Trinajstić information content (AvgIpc) is 2.73. The maximum Gasteiger partial charge on any atom is 0.490 e. The minimum atomic E-state index is -5.08. The number of amides is 1. The van der Waals surface area contributed by atoms with Gasteiger partial charge in [-0.05, 0) is 55.3 Å². The number of hydrogen-bond acceptors (Lipinski definition) is 5. The molecule has 166 valence electrons. The molecule has 1 aromatic rings. The van der Waals surface area contributed by atoms with Crippen molar-refractivity contribution in [3.05, 3.63) is 35.9 Å². The van der Waals surface area contributed by atoms with Gasteiger partial charge in [-0.2, -0.15) is 13.2 Å². The second-order valence-electron chi connectivity index (χ2n) is 7.44. The molecule has 2 heterocycles. The molecule has 0 radical (unpaired) electrons. The number of alkyl halides is 3. The SMILES string of the molecule is O=C(C=Cc1ccccc1N1CCC2(CCCNC2)CC1)NO.O=C(O)C(F)(F)F. The third kappa shape index (κ3) is 6.74. The first-order chi connectivity index (χ1) is 14.2. The number of anilines is 1. The molecule has 0 bridgehead atoms. The lowest BCUT2D eigenvalue weighted by Gasteiger charge is -2.45. The molecule has 1 amide bonds. The third-order valence-electron chi connectivity index (χ3n) is 5.43. The first kappa shape index (κ1) is 23.7. The van der Waals surface area contributed by atoms with Gasteiger partial charge < -0.3 is 15.3 Å². The zero-order chi connectivity index (χ0) is 22.2. The zero-order valence-corrected chi connectivity index (χ0v) is 16.4. The van der Waals surface area contributed by atoms with Gasteiger partial charge >= 0.3 is 12.1 Å². The van der Waals surface area contributed by atoms with E-state index in [-0.39, 0.29) is 0 Å². The van der Waals surface area contributed by atoms with Crippen molar-refractivity contribution >= 4 is 23.6 Å². The van der Waals surface area contributed by atoms with Crippen LogP contribution in [0.15, 0.2) is 30.3 Å². The molecular weight excluding hydrogens is 403 g/mol. The van der Waals surface area contributed by atoms with Crippen molar-refractivity contribution in [3.8, 4) is 0 Å². The molecule has 0 aliphatic carbocycles. The second kappa shape index (κ2) is 10.4. The number of rotatable bonds is 3. The molecule has 0 unspecified atom stereocenters. The van der Waals surface area contributed by atoms with Gasteiger partial charge in [0.15, 0.2) is 0 Å². The first-order valence-corrected chi connectivity index (χ1v) is 9.64. The largest absolute Gasteiger partial charge is 0.490 e. The molecule has 2 aliphatic heterocycles. The van der Waals surface area contributed by atoms with E-state index in [4.69, 9.17) is 15.1 Å². The maximum atomic E-state index is 11.2. The van der Waals surface area contributed by atoms with Crippen LogP contribution in [0.4, 0.5) is 18.9 Å². The number of hydroxylamine groups is 1. The van der Waals surface area contributed by atoms with E-state index in [2.05, 4.69) is 16.3 Å². The van der Waals surface area contributed by atoms with Gasteiger partial charge in [0, 0.05) is 31.4 Å². The fourth-order valence-electron chi connectivity index (χ4n) is 3.80. The molecule has 10 heteroatoms. The Kier molecular flexibility index (Phi) is 8.24. The van der Waals surface area contributed by atoms with E-state index in [1.54, 1.807) is 11.6 Å². The Bertz CT molecular complexity index is 752. The zero-order valence-electron chi connectivity index (χ0n) is 16.4. The number of hydrogen-bond donors (Lipinski definition) is 4. The lowest BCUT2D eigenvalue weighted by molar-refractivity contribution is -0.192. The summed E-state index contributed by atoms with van der Waals surface area (Å²) in [5.74, 6) is -3.27. The number of para-hydroxylation sites is 1. The predicted molar refractivity (Wildman–Crippen MR) is 105 cm³/mol. The Hall–Kier alpha value is -2.59. The van der Waals surface area contributed by atoms with Gasteiger partial charge in [0.05, 0.1) is 0 Å². The smallest absolute Gasteiger partial charge is 0.475 e. The van der Waals surface area contributed by atoms with E-state index in [9.17, 15) is 18.0 Å². The maximum absolute atomic E-state index is 11.2. The van der Waals surface area contributed by atoms with Crippen molar-refractivity contribution in [1.29, 1.82) is 0 Å². The van der Waals surface area contributed by atoms with Crippen molar-refractivity contribution in [2.75, 3.05) is 31.1 Å². The fraction of sp³-hybridized carbons (Fsp3) is 0.500. The number of aliphatic carboxylic acids is 1. The molecular formula is C20H26F3N3O4. The van der Waals surface area contributed by atoms with Gasteiger partial charge in [-0.15, -0.1) is 0 Å². The highest BCUT2D eigenvalue weighted by Gasteiger charge is 2.38. The number of halogens is 3. The van der Waals surface area contributed by atoms with Crippen molar-refractivity contribution < 1.29 is 33.1 Å². The van der Waals surface area contributed by atoms with Gasteiger partial charge in [0.2, 0.25) is 0 Å². The molecule has 4 N–H and O–H groups in total. The number of carbonyl (C=O) groups is 2. The number of benzene rings is 1. The van der Waals surface area contributed by atoms with Crippen molar-refractivity contribution in [1.82, 2.24) is 10.8 Å². The van der Waals surface area contributed by atoms with Crippen LogP contribution in [-0.2, 0) is 9.59 Å². The van der Waals surface area contributed by atoms with Crippen LogP contribution in [0.1, 0.15) is 31.2 Å². The van der Waals surface area contributed by atoms with Crippen LogP contribution < -0.4 is 15.7 Å². The fourth-order valence-corrected chi connectivity index (χ4v) is 3.80. The second-order valence-corrected chi connectivity index (χ2v) is 7.44. The van der Waals surface area contributed by atoms with E-state index in [1.807, 2.05) is 18.2 Å². The summed E-state index contributed by atoms with van der Waals surface area (Å²) in [7, 11) is 0. The summed E-state index contributed by atoms with van der Waals surface area (Å²) < 4.78 is 31.7. The van der Waals surface area contributed by atoms with Gasteiger partial charge in [0.1, 0.15) is 0 Å². The summed E-state index contributed by atoms with van der Waals surface area (Å²) in [4.78, 5) is 22.5. The van der Waals surface area contributed by atoms with Crippen LogP contribution in [0.25, 0.3) is 6.08 Å². The molecule has 0 aromatic heterocycles. The number of carbonyl (C=O) groups excluding carboxylic acids is 1. The molecule has 3 rings (SSSR count). The van der Waals surface area contributed by atoms with Gasteiger partial charge in [-0.25, -0.2) is 10.3 Å². The first-order valence-electron chi connectivity index (χ1n) is 9.64. The van der Waals surface area contributed by atoms with Crippen LogP contribution in [0.5, 0.6) is 0 Å². The number of carboxylic acids is 1. The van der Waals surface area contributed by atoms with E-state index < -0.39 is 18.1 Å². The Morgan fingerprint density at radius 3 is 2.33 bits per heavy atom. The number of nitrogens with one attached hydrogen (secondary N) is 2. The third-order valence-corrected chi connectivity index (χ3v) is 5.43. The number of nitrogens with zero attached hydrogens (tertiary/aromatic N) is 1. The van der Waals surface area contributed by atoms with E-state index in [1.165, 1.54) is 31.8 Å². The van der Waals surface area contributed by atoms with Crippen LogP contribution in [-0.4, -0.2) is 54.5 Å². The lowest BCUT2D eigenvalue weighted by Crippen LogP contribution is -2.48. The molecule has 1 spiro atoms. The molecule has 0 atom stereocenters. The number of piperidine rings is 2. The van der Waals surface area contributed by atoms with Gasteiger partial charge in [-0.1, -0.05) is 18.2 Å². The summed E-state index contributed by atoms with van der Waals surface area (Å²) in [5.41, 5.74) is 4.28. The summed E-state index contributed by atoms with van der Waals surface area (Å²) in [6, 6.07) is 8.11. The summed E-state index contributed by atoms with van der Waals surface area (Å²) in [6.07, 6.45) is 3.09. The standard InChI is InChI=1S/C18H25N3O2.C2HF3O2/c22-17(20-23)7-6-15-4-1-2-5-16(15)21-12-9-18(10-13-21)8-3-11-19-14-18;3-2(4,5)1(6)7/h1-2,4-7,19,23H,3,8-14H2,(H,20,22);(H,6,7). The van der Waals surface area contributed by atoms with Crippen LogP contribution in [0, 0.1) is 5.41 Å². The Balaban J connectivity index is 0.000000396. The van der Waals surface area contributed by atoms with Crippen molar-refractivity contribution in [2.45, 2.75) is 31.9 Å². The van der Waals surface area contributed by atoms with Crippen LogP contribution >= 0.6 is 0 Å². The number of carboxylic acid groups (broad SMARTS) is 1. The van der Waals surface area contributed by atoms with Crippen LogP contribution in [0.2, 0.25) is 0 Å². The normalized spacial score (nSPS) is 18.6. The molecule has 2 saturated heterocycles. The predicted octanol–water partition coefficient (Wildman–Crippen LogP) is 2.81. The minimum absolute atomic E-state index is 0.482. The van der Waals surface area contributed by atoms with Crippen molar-refractivity contribution in [2.24, 2.45) is 5.41 Å². The summed E-state index contributed by atoms with van der Waals surface area (Å²) >= 11 is 0. The Labute approximate surface area is 172 Å². The van der Waals surface area contributed by atoms with E-state index in [0.29, 0.717) is 5.41 Å². The lowest BCUT2D eigenvalue weighted by atomic mass is 9.73. The summed E-state index contributed by atoms with van der Waals surface area (Å²) in [5, 5.41) is 19.3. The highest BCUT2D eigenvalue weighted by Crippen LogP contribution is 2.39. The average molecular weight is 429 g/mol. The molecule has 1 aromatic carbocycles. The molecule has 30 heavy (non-hydrogen) atoms. The quantitative estimate of drug-likeness (QED) is 0.335. The monoisotopic (exact) mass is 429 g/mol. The molecule has 2 fully saturated rings. The van der Waals surface area contributed by atoms with E-state index in [0.717, 1.165) is 37.4 Å². The van der Waals surface area contributed by atoms with Crippen molar-refractivity contribution in [3.63, 3.8) is 0 Å². The van der Waals surface area contributed by atoms with E-state index >= 15 is 0 Å². The van der Waals surface area contributed by atoms with Gasteiger partial charge in [-0.3, -0.25) is 10.0 Å². The van der Waals surface area contributed by atoms with Crippen LogP contribution in [0.3, 0.4) is 0 Å². The Morgan fingerprint density at radius 1 is 1.17 bits per heavy atom.